The lowest BCUT2D eigenvalue weighted by Gasteiger charge is -1.82. The Morgan fingerprint density at radius 1 is 0.643 bits per heavy atom. The van der Waals surface area contributed by atoms with Gasteiger partial charge in [0.25, 0.3) is 0 Å². The SMILES string of the molecule is Oc1cc2cc-2c1.Oc1ccccc1. The standard InChI is InChI=1S/C6H4O.C6H6O/c7-6-2-4-1-5(4)3-6;7-6-4-2-1-3-5-6/h1-3,7H;1-5,7H. The molecule has 1 aromatic rings. The maximum atomic E-state index is 8.67. The van der Waals surface area contributed by atoms with Gasteiger partial charge in [0.15, 0.2) is 0 Å². The van der Waals surface area contributed by atoms with Gasteiger partial charge in [0.1, 0.15) is 11.5 Å². The number of fused-ring (bicyclic) bond motifs is 1. The van der Waals surface area contributed by atoms with Crippen molar-refractivity contribution in [2.24, 2.45) is 0 Å². The fraction of sp³-hybridized carbons (Fsp3) is 0. The molecule has 1 aromatic carbocycles. The fourth-order valence-corrected chi connectivity index (χ4v) is 1.17. The number of para-hydroxylation sites is 1. The second kappa shape index (κ2) is 3.42. The van der Waals surface area contributed by atoms with Crippen LogP contribution in [0.1, 0.15) is 0 Å². The highest BCUT2D eigenvalue weighted by molar-refractivity contribution is 5.83. The highest BCUT2D eigenvalue weighted by atomic mass is 16.3. The number of rotatable bonds is 0. The minimum absolute atomic E-state index is 0.322. The average molecular weight is 186 g/mol. The van der Waals surface area contributed by atoms with Crippen LogP contribution >= 0.6 is 0 Å². The molecule has 0 saturated carbocycles. The van der Waals surface area contributed by atoms with Crippen molar-refractivity contribution in [3.05, 3.63) is 48.5 Å². The van der Waals surface area contributed by atoms with Gasteiger partial charge < -0.3 is 10.2 Å². The molecule has 0 amide bonds. The van der Waals surface area contributed by atoms with Crippen LogP contribution in [0.2, 0.25) is 0 Å². The lowest BCUT2D eigenvalue weighted by Crippen LogP contribution is -1.56. The van der Waals surface area contributed by atoms with E-state index in [0.717, 1.165) is 0 Å². The van der Waals surface area contributed by atoms with E-state index in [4.69, 9.17) is 10.2 Å². The van der Waals surface area contributed by atoms with Gasteiger partial charge in [0.05, 0.1) is 0 Å². The first kappa shape index (κ1) is 8.63. The van der Waals surface area contributed by atoms with Crippen LogP contribution < -0.4 is 0 Å². The summed E-state index contributed by atoms with van der Waals surface area (Å²) in [6.45, 7) is 0. The first-order valence-corrected chi connectivity index (χ1v) is 4.34. The molecule has 0 aromatic heterocycles. The highest BCUT2D eigenvalue weighted by Gasteiger charge is 2.12. The summed E-state index contributed by atoms with van der Waals surface area (Å²) in [5, 5.41) is 17.3. The van der Waals surface area contributed by atoms with Crippen molar-refractivity contribution in [3.8, 4) is 22.6 Å². The van der Waals surface area contributed by atoms with Crippen LogP contribution in [-0.2, 0) is 0 Å². The van der Waals surface area contributed by atoms with Crippen LogP contribution in [0.5, 0.6) is 11.5 Å². The van der Waals surface area contributed by atoms with Gasteiger partial charge in [0, 0.05) is 0 Å². The molecule has 0 spiro atoms. The Morgan fingerprint density at radius 2 is 1.21 bits per heavy atom. The Kier molecular flexibility index (Phi) is 2.11. The lowest BCUT2D eigenvalue weighted by molar-refractivity contribution is 0.475. The summed E-state index contributed by atoms with van der Waals surface area (Å²) < 4.78 is 0. The molecule has 0 fully saturated rings. The van der Waals surface area contributed by atoms with E-state index >= 15 is 0 Å². The number of hydrogen-bond donors (Lipinski definition) is 2. The average Bonchev–Trinajstić information content (AvgIpc) is 2.77. The van der Waals surface area contributed by atoms with E-state index in [1.165, 1.54) is 11.1 Å². The quantitative estimate of drug-likeness (QED) is 0.566. The molecule has 2 heteroatoms. The minimum Gasteiger partial charge on any atom is -0.508 e. The van der Waals surface area contributed by atoms with Crippen LogP contribution in [0.25, 0.3) is 11.1 Å². The normalized spacial score (nSPS) is 10.0. The van der Waals surface area contributed by atoms with E-state index < -0.39 is 0 Å². The number of phenols is 2. The zero-order chi connectivity index (χ0) is 9.97. The predicted octanol–water partition coefficient (Wildman–Crippen LogP) is 2.76. The molecule has 70 valence electrons. The fourth-order valence-electron chi connectivity index (χ4n) is 1.17. The number of benzene rings is 2. The molecular weight excluding hydrogens is 176 g/mol. The van der Waals surface area contributed by atoms with Crippen LogP contribution in [0.4, 0.5) is 0 Å². The van der Waals surface area contributed by atoms with Gasteiger partial charge in [-0.15, -0.1) is 0 Å². The van der Waals surface area contributed by atoms with Crippen LogP contribution in [0.15, 0.2) is 48.5 Å². The third-order valence-corrected chi connectivity index (χ3v) is 1.92. The van der Waals surface area contributed by atoms with Gasteiger partial charge in [-0.2, -0.15) is 0 Å². The second-order valence-corrected chi connectivity index (χ2v) is 3.10. The van der Waals surface area contributed by atoms with E-state index in [1.54, 1.807) is 36.4 Å². The van der Waals surface area contributed by atoms with Gasteiger partial charge >= 0.3 is 0 Å². The summed E-state index contributed by atoms with van der Waals surface area (Å²) in [7, 11) is 0. The molecule has 0 bridgehead atoms. The maximum Gasteiger partial charge on any atom is 0.116 e. The van der Waals surface area contributed by atoms with Crippen LogP contribution in [0.3, 0.4) is 0 Å². The monoisotopic (exact) mass is 186 g/mol. The molecule has 0 heterocycles. The van der Waals surface area contributed by atoms with E-state index in [-0.39, 0.29) is 0 Å². The third kappa shape index (κ3) is 2.04. The molecule has 0 radical (unpaired) electrons. The summed E-state index contributed by atoms with van der Waals surface area (Å²) in [5.74, 6) is 0.718. The van der Waals surface area contributed by atoms with Gasteiger partial charge in [-0.25, -0.2) is 0 Å². The largest absolute Gasteiger partial charge is 0.508 e. The van der Waals surface area contributed by atoms with Gasteiger partial charge in [0.2, 0.25) is 0 Å². The number of aromatic hydroxyl groups is 2. The van der Waals surface area contributed by atoms with Crippen molar-refractivity contribution >= 4 is 0 Å². The van der Waals surface area contributed by atoms with Crippen molar-refractivity contribution < 1.29 is 10.2 Å². The molecule has 2 aliphatic carbocycles. The van der Waals surface area contributed by atoms with E-state index in [0.29, 0.717) is 11.5 Å². The Hall–Kier alpha value is -1.96. The molecule has 2 aliphatic rings. The van der Waals surface area contributed by atoms with Gasteiger partial charge in [-0.05, 0) is 41.5 Å². The first-order chi connectivity index (χ1) is 6.75. The van der Waals surface area contributed by atoms with E-state index in [1.807, 2.05) is 12.1 Å². The van der Waals surface area contributed by atoms with Crippen molar-refractivity contribution in [1.29, 1.82) is 0 Å². The minimum atomic E-state index is 0.322. The molecule has 0 aliphatic heterocycles. The Morgan fingerprint density at radius 3 is 1.50 bits per heavy atom. The summed E-state index contributed by atoms with van der Waals surface area (Å²) in [5.41, 5.74) is 2.38. The lowest BCUT2D eigenvalue weighted by atomic mass is 10.3. The van der Waals surface area contributed by atoms with Crippen molar-refractivity contribution in [2.75, 3.05) is 0 Å². The molecule has 14 heavy (non-hydrogen) atoms. The molecule has 2 nitrogen and oxygen atoms in total. The Labute approximate surface area is 82.1 Å². The zero-order valence-corrected chi connectivity index (χ0v) is 7.51. The van der Waals surface area contributed by atoms with Crippen LogP contribution in [-0.4, -0.2) is 10.2 Å². The smallest absolute Gasteiger partial charge is 0.116 e. The molecule has 3 rings (SSSR count). The summed E-state index contributed by atoms with van der Waals surface area (Å²) in [6.07, 6.45) is 0. The van der Waals surface area contributed by atoms with E-state index in [2.05, 4.69) is 0 Å². The van der Waals surface area contributed by atoms with Crippen molar-refractivity contribution in [2.45, 2.75) is 0 Å². The third-order valence-electron chi connectivity index (χ3n) is 1.92. The Balaban J connectivity index is 0.000000107. The molecule has 0 atom stereocenters. The summed E-state index contributed by atoms with van der Waals surface area (Å²) in [4.78, 5) is 0. The second-order valence-electron chi connectivity index (χ2n) is 3.10. The molecular formula is C12H10O2. The van der Waals surface area contributed by atoms with Gasteiger partial charge in [-0.3, -0.25) is 0 Å². The summed E-state index contributed by atoms with van der Waals surface area (Å²) in [6, 6.07) is 14.3. The first-order valence-electron chi connectivity index (χ1n) is 4.34. The van der Waals surface area contributed by atoms with E-state index in [9.17, 15) is 0 Å². The number of phenolic OH excluding ortho intramolecular Hbond substituents is 2. The molecule has 0 unspecified atom stereocenters. The zero-order valence-electron chi connectivity index (χ0n) is 7.51. The van der Waals surface area contributed by atoms with Crippen molar-refractivity contribution in [3.63, 3.8) is 0 Å². The predicted molar refractivity (Wildman–Crippen MR) is 55.2 cm³/mol. The van der Waals surface area contributed by atoms with Gasteiger partial charge in [-0.1, -0.05) is 18.2 Å². The summed E-state index contributed by atoms with van der Waals surface area (Å²) >= 11 is 0. The Bertz CT molecular complexity index is 415. The molecule has 2 N–H and O–H groups in total. The molecule has 0 saturated heterocycles. The van der Waals surface area contributed by atoms with Crippen molar-refractivity contribution in [1.82, 2.24) is 0 Å². The number of hydrogen-bond acceptors (Lipinski definition) is 2. The highest BCUT2D eigenvalue weighted by Crippen LogP contribution is 2.38. The maximum absolute atomic E-state index is 8.67. The topological polar surface area (TPSA) is 40.5 Å². The van der Waals surface area contributed by atoms with Crippen LogP contribution in [0, 0.1) is 0 Å².